The minimum absolute atomic E-state index is 0.0555. The van der Waals surface area contributed by atoms with Crippen LogP contribution in [-0.2, 0) is 14.3 Å². The molecule has 1 aliphatic heterocycles. The zero-order chi connectivity index (χ0) is 21.0. The van der Waals surface area contributed by atoms with Crippen molar-refractivity contribution in [3.8, 4) is 0 Å². The zero-order valence-electron chi connectivity index (χ0n) is 17.0. The number of esters is 1. The summed E-state index contributed by atoms with van der Waals surface area (Å²) in [4.78, 5) is 38.4. The van der Waals surface area contributed by atoms with Crippen molar-refractivity contribution in [3.63, 3.8) is 0 Å². The molecule has 0 spiro atoms. The average Bonchev–Trinajstić information content (AvgIpc) is 3.10. The molecular formula is C23H26N2O4. The first kappa shape index (κ1) is 20.6. The SMILES string of the molecule is CCOC(=O)c1ccc(NC(=O)[C@H]2CC(=O)N(c3ccc(C(C)C)cc3)C2)cc1. The number of hydrogen-bond donors (Lipinski definition) is 1. The van der Waals surface area contributed by atoms with Gasteiger partial charge in [-0.05, 0) is 54.8 Å². The lowest BCUT2D eigenvalue weighted by Crippen LogP contribution is -2.28. The van der Waals surface area contributed by atoms with Crippen LogP contribution in [-0.4, -0.2) is 30.9 Å². The molecule has 1 aliphatic rings. The molecule has 6 heteroatoms. The van der Waals surface area contributed by atoms with Gasteiger partial charge in [0.25, 0.3) is 0 Å². The molecular weight excluding hydrogens is 368 g/mol. The largest absolute Gasteiger partial charge is 0.462 e. The van der Waals surface area contributed by atoms with Gasteiger partial charge in [-0.25, -0.2) is 4.79 Å². The van der Waals surface area contributed by atoms with E-state index in [1.165, 1.54) is 5.56 Å². The molecule has 0 saturated carbocycles. The van der Waals surface area contributed by atoms with Crippen molar-refractivity contribution in [1.82, 2.24) is 0 Å². The standard InChI is InChI=1S/C23H26N2O4/c1-4-29-23(28)17-5-9-19(10-6-17)24-22(27)18-13-21(26)25(14-18)20-11-7-16(8-12-20)15(2)3/h5-12,15,18H,4,13-14H2,1-3H3,(H,24,27)/t18-/m0/s1. The maximum Gasteiger partial charge on any atom is 0.338 e. The van der Waals surface area contributed by atoms with Crippen molar-refractivity contribution in [2.75, 3.05) is 23.4 Å². The van der Waals surface area contributed by atoms with Gasteiger partial charge in [0.2, 0.25) is 11.8 Å². The van der Waals surface area contributed by atoms with Crippen LogP contribution in [0.5, 0.6) is 0 Å². The molecule has 29 heavy (non-hydrogen) atoms. The van der Waals surface area contributed by atoms with E-state index in [0.717, 1.165) is 5.69 Å². The molecule has 2 amide bonds. The summed E-state index contributed by atoms with van der Waals surface area (Å²) in [7, 11) is 0. The maximum atomic E-state index is 12.6. The molecule has 2 aromatic rings. The summed E-state index contributed by atoms with van der Waals surface area (Å²) in [6.45, 7) is 6.65. The van der Waals surface area contributed by atoms with Crippen LogP contribution in [0.1, 0.15) is 49.0 Å². The molecule has 0 aromatic heterocycles. The van der Waals surface area contributed by atoms with Gasteiger partial charge in [0.15, 0.2) is 0 Å². The minimum atomic E-state index is -0.419. The molecule has 2 aromatic carbocycles. The number of amides is 2. The molecule has 1 atom stereocenters. The number of benzene rings is 2. The Bertz CT molecular complexity index is 888. The van der Waals surface area contributed by atoms with Gasteiger partial charge in [-0.3, -0.25) is 9.59 Å². The van der Waals surface area contributed by atoms with E-state index in [0.29, 0.717) is 30.3 Å². The van der Waals surface area contributed by atoms with E-state index < -0.39 is 11.9 Å². The monoisotopic (exact) mass is 394 g/mol. The van der Waals surface area contributed by atoms with E-state index in [1.54, 1.807) is 36.1 Å². The van der Waals surface area contributed by atoms with E-state index in [2.05, 4.69) is 19.2 Å². The molecule has 1 heterocycles. The van der Waals surface area contributed by atoms with E-state index in [1.807, 2.05) is 24.3 Å². The second-order valence-electron chi connectivity index (χ2n) is 7.44. The molecule has 0 unspecified atom stereocenters. The zero-order valence-corrected chi connectivity index (χ0v) is 17.0. The van der Waals surface area contributed by atoms with Crippen molar-refractivity contribution in [2.45, 2.75) is 33.1 Å². The topological polar surface area (TPSA) is 75.7 Å². The van der Waals surface area contributed by atoms with Crippen molar-refractivity contribution in [2.24, 2.45) is 5.92 Å². The van der Waals surface area contributed by atoms with Crippen LogP contribution in [0.4, 0.5) is 11.4 Å². The fraction of sp³-hybridized carbons (Fsp3) is 0.348. The average molecular weight is 394 g/mol. The number of hydrogen-bond acceptors (Lipinski definition) is 4. The smallest absolute Gasteiger partial charge is 0.338 e. The van der Waals surface area contributed by atoms with Crippen LogP contribution in [0.2, 0.25) is 0 Å². The summed E-state index contributed by atoms with van der Waals surface area (Å²) in [5, 5.41) is 2.83. The Morgan fingerprint density at radius 3 is 2.34 bits per heavy atom. The number of nitrogens with one attached hydrogen (secondary N) is 1. The molecule has 152 valence electrons. The highest BCUT2D eigenvalue weighted by atomic mass is 16.5. The highest BCUT2D eigenvalue weighted by Gasteiger charge is 2.35. The lowest BCUT2D eigenvalue weighted by Gasteiger charge is -2.18. The molecule has 0 radical (unpaired) electrons. The highest BCUT2D eigenvalue weighted by molar-refractivity contribution is 6.03. The third kappa shape index (κ3) is 4.83. The minimum Gasteiger partial charge on any atom is -0.462 e. The van der Waals surface area contributed by atoms with Crippen molar-refractivity contribution in [3.05, 3.63) is 59.7 Å². The van der Waals surface area contributed by atoms with Crippen LogP contribution in [0.25, 0.3) is 0 Å². The Morgan fingerprint density at radius 1 is 1.10 bits per heavy atom. The summed E-state index contributed by atoms with van der Waals surface area (Å²) in [6, 6.07) is 14.4. The van der Waals surface area contributed by atoms with E-state index in [9.17, 15) is 14.4 Å². The summed E-state index contributed by atoms with van der Waals surface area (Å²) in [5.74, 6) is -0.654. The third-order valence-electron chi connectivity index (χ3n) is 5.03. The number of carbonyl (C=O) groups is 3. The number of rotatable bonds is 6. The number of ether oxygens (including phenoxy) is 1. The molecule has 3 rings (SSSR count). The lowest BCUT2D eigenvalue weighted by molar-refractivity contribution is -0.122. The van der Waals surface area contributed by atoms with Crippen molar-refractivity contribution >= 4 is 29.2 Å². The first-order chi connectivity index (χ1) is 13.9. The van der Waals surface area contributed by atoms with Crippen LogP contribution >= 0.6 is 0 Å². The van der Waals surface area contributed by atoms with Crippen LogP contribution in [0.15, 0.2) is 48.5 Å². The van der Waals surface area contributed by atoms with Crippen LogP contribution in [0.3, 0.4) is 0 Å². The fourth-order valence-corrected chi connectivity index (χ4v) is 3.32. The Labute approximate surface area is 170 Å². The predicted octanol–water partition coefficient (Wildman–Crippen LogP) is 3.98. The quantitative estimate of drug-likeness (QED) is 0.752. The number of nitrogens with zero attached hydrogens (tertiary/aromatic N) is 1. The summed E-state index contributed by atoms with van der Waals surface area (Å²) >= 11 is 0. The van der Waals surface area contributed by atoms with Crippen molar-refractivity contribution < 1.29 is 19.1 Å². The third-order valence-corrected chi connectivity index (χ3v) is 5.03. The summed E-state index contributed by atoms with van der Waals surface area (Å²) < 4.78 is 4.95. The molecule has 0 bridgehead atoms. The fourth-order valence-electron chi connectivity index (χ4n) is 3.32. The summed E-state index contributed by atoms with van der Waals surface area (Å²) in [6.07, 6.45) is 0.179. The van der Waals surface area contributed by atoms with Gasteiger partial charge in [-0.2, -0.15) is 0 Å². The van der Waals surface area contributed by atoms with E-state index in [4.69, 9.17) is 4.74 Å². The summed E-state index contributed by atoms with van der Waals surface area (Å²) in [5.41, 5.74) is 3.03. The van der Waals surface area contributed by atoms with Gasteiger partial charge in [-0.1, -0.05) is 26.0 Å². The lowest BCUT2D eigenvalue weighted by atomic mass is 10.0. The van der Waals surface area contributed by atoms with Gasteiger partial charge in [0, 0.05) is 24.3 Å². The van der Waals surface area contributed by atoms with Gasteiger partial charge >= 0.3 is 5.97 Å². The Hall–Kier alpha value is -3.15. The molecule has 1 N–H and O–H groups in total. The van der Waals surface area contributed by atoms with Gasteiger partial charge in [0.05, 0.1) is 18.1 Å². The van der Waals surface area contributed by atoms with Crippen LogP contribution in [0, 0.1) is 5.92 Å². The second-order valence-corrected chi connectivity index (χ2v) is 7.44. The first-order valence-corrected chi connectivity index (χ1v) is 9.87. The Balaban J connectivity index is 1.62. The first-order valence-electron chi connectivity index (χ1n) is 9.87. The Kier molecular flexibility index (Phi) is 6.32. The second kappa shape index (κ2) is 8.90. The van der Waals surface area contributed by atoms with E-state index in [-0.39, 0.29) is 18.2 Å². The number of anilines is 2. The molecule has 1 saturated heterocycles. The van der Waals surface area contributed by atoms with Crippen molar-refractivity contribution in [1.29, 1.82) is 0 Å². The number of carbonyl (C=O) groups excluding carboxylic acids is 3. The van der Waals surface area contributed by atoms with Gasteiger partial charge in [-0.15, -0.1) is 0 Å². The van der Waals surface area contributed by atoms with Crippen LogP contribution < -0.4 is 10.2 Å². The predicted molar refractivity (Wildman–Crippen MR) is 112 cm³/mol. The van der Waals surface area contributed by atoms with E-state index >= 15 is 0 Å². The molecule has 6 nitrogen and oxygen atoms in total. The highest BCUT2D eigenvalue weighted by Crippen LogP contribution is 2.27. The maximum absolute atomic E-state index is 12.6. The van der Waals surface area contributed by atoms with Gasteiger partial charge < -0.3 is 15.0 Å². The Morgan fingerprint density at radius 2 is 1.76 bits per heavy atom. The molecule has 0 aliphatic carbocycles. The molecule has 1 fully saturated rings. The normalized spacial score (nSPS) is 16.2. The van der Waals surface area contributed by atoms with Gasteiger partial charge in [0.1, 0.15) is 0 Å².